The highest BCUT2D eigenvalue weighted by atomic mass is 16.5. The van der Waals surface area contributed by atoms with Crippen LogP contribution < -0.4 is 5.32 Å². The van der Waals surface area contributed by atoms with E-state index in [-0.39, 0.29) is 29.8 Å². The minimum atomic E-state index is -0.132. The Kier molecular flexibility index (Phi) is 4.77. The monoisotopic (exact) mass is 393 g/mol. The fourth-order valence-corrected chi connectivity index (χ4v) is 4.49. The maximum absolute atomic E-state index is 13.0. The van der Waals surface area contributed by atoms with Gasteiger partial charge in [-0.25, -0.2) is 0 Å². The molecule has 0 saturated carbocycles. The average Bonchev–Trinajstić information content (AvgIpc) is 3.47. The second-order valence-corrected chi connectivity index (χ2v) is 7.93. The van der Waals surface area contributed by atoms with Gasteiger partial charge in [-0.05, 0) is 35.4 Å². The molecule has 5 rings (SSSR count). The Bertz CT molecular complexity index is 933. The quantitative estimate of drug-likeness (QED) is 0.854. The van der Waals surface area contributed by atoms with E-state index in [4.69, 9.17) is 9.47 Å². The van der Waals surface area contributed by atoms with E-state index in [1.54, 1.807) is 24.5 Å². The number of ether oxygens (including phenoxy) is 2. The van der Waals surface area contributed by atoms with Crippen molar-refractivity contribution in [1.82, 2.24) is 15.2 Å². The van der Waals surface area contributed by atoms with Crippen LogP contribution >= 0.6 is 0 Å². The Morgan fingerprint density at radius 1 is 1.14 bits per heavy atom. The fourth-order valence-electron chi connectivity index (χ4n) is 4.49. The number of hydrogen-bond acceptors (Lipinski definition) is 5. The van der Waals surface area contributed by atoms with E-state index >= 15 is 0 Å². The minimum absolute atomic E-state index is 0.0378. The lowest BCUT2D eigenvalue weighted by Gasteiger charge is -2.20. The molecule has 4 heterocycles. The van der Waals surface area contributed by atoms with E-state index in [1.165, 1.54) is 0 Å². The Balaban J connectivity index is 1.20. The number of nitrogens with zero attached hydrogens (tertiary/aromatic N) is 2. The molecule has 1 aromatic carbocycles. The molecule has 0 bridgehead atoms. The van der Waals surface area contributed by atoms with Crippen molar-refractivity contribution in [2.75, 3.05) is 26.2 Å². The summed E-state index contributed by atoms with van der Waals surface area (Å²) in [5.41, 5.74) is 3.51. The summed E-state index contributed by atoms with van der Waals surface area (Å²) in [6, 6.07) is 9.31. The van der Waals surface area contributed by atoms with Gasteiger partial charge in [0.2, 0.25) is 0 Å². The lowest BCUT2D eigenvalue weighted by atomic mass is 9.93. The van der Waals surface area contributed by atoms with Crippen molar-refractivity contribution in [1.29, 1.82) is 0 Å². The van der Waals surface area contributed by atoms with Crippen LogP contribution in [0, 0.1) is 11.8 Å². The topological polar surface area (TPSA) is 80.8 Å². The van der Waals surface area contributed by atoms with Gasteiger partial charge in [0.25, 0.3) is 11.8 Å². The summed E-state index contributed by atoms with van der Waals surface area (Å²) in [7, 11) is 0. The molecule has 2 fully saturated rings. The maximum Gasteiger partial charge on any atom is 0.253 e. The summed E-state index contributed by atoms with van der Waals surface area (Å²) in [5, 5.41) is 2.98. The molecule has 0 aliphatic carbocycles. The third-order valence-electron chi connectivity index (χ3n) is 6.14. The highest BCUT2D eigenvalue weighted by Crippen LogP contribution is 2.34. The molecule has 1 aromatic heterocycles. The predicted molar refractivity (Wildman–Crippen MR) is 104 cm³/mol. The van der Waals surface area contributed by atoms with Crippen LogP contribution in [-0.4, -0.2) is 54.0 Å². The van der Waals surface area contributed by atoms with Crippen LogP contribution in [0.2, 0.25) is 0 Å². The zero-order chi connectivity index (χ0) is 19.8. The van der Waals surface area contributed by atoms with E-state index in [0.717, 1.165) is 11.1 Å². The number of rotatable bonds is 4. The van der Waals surface area contributed by atoms with Crippen molar-refractivity contribution < 1.29 is 19.1 Å². The molecule has 0 spiro atoms. The number of carbonyl (C=O) groups excluding carboxylic acids is 2. The summed E-state index contributed by atoms with van der Waals surface area (Å²) in [6.07, 6.45) is 3.24. The molecule has 7 nitrogen and oxygen atoms in total. The van der Waals surface area contributed by atoms with Gasteiger partial charge in [-0.3, -0.25) is 14.6 Å². The first-order valence-corrected chi connectivity index (χ1v) is 9.97. The third-order valence-corrected chi connectivity index (χ3v) is 6.14. The molecular weight excluding hydrogens is 370 g/mol. The summed E-state index contributed by atoms with van der Waals surface area (Å²) in [6.45, 7) is 3.60. The van der Waals surface area contributed by atoms with E-state index < -0.39 is 0 Å². The van der Waals surface area contributed by atoms with Crippen molar-refractivity contribution in [3.63, 3.8) is 0 Å². The molecule has 150 valence electrons. The van der Waals surface area contributed by atoms with Crippen LogP contribution in [0.3, 0.4) is 0 Å². The van der Waals surface area contributed by atoms with Gasteiger partial charge in [-0.1, -0.05) is 6.07 Å². The molecular formula is C22H23N3O4. The number of carbonyl (C=O) groups is 2. The largest absolute Gasteiger partial charge is 0.376 e. The van der Waals surface area contributed by atoms with Crippen molar-refractivity contribution in [3.8, 4) is 0 Å². The number of benzene rings is 1. The van der Waals surface area contributed by atoms with E-state index in [1.807, 2.05) is 23.1 Å². The van der Waals surface area contributed by atoms with E-state index in [0.29, 0.717) is 50.6 Å². The first-order valence-electron chi connectivity index (χ1n) is 9.97. The number of amides is 2. The zero-order valence-corrected chi connectivity index (χ0v) is 16.0. The SMILES string of the molecule is O=C(NC[C@H]1CO[C@@H]2CN(C(=O)c3ccc4c(c3)COC4)C[C@H]12)c1cccnc1. The van der Waals surface area contributed by atoms with Crippen molar-refractivity contribution in [2.45, 2.75) is 19.3 Å². The second-order valence-electron chi connectivity index (χ2n) is 7.93. The van der Waals surface area contributed by atoms with Crippen LogP contribution in [0.5, 0.6) is 0 Å². The first kappa shape index (κ1) is 18.3. The smallest absolute Gasteiger partial charge is 0.253 e. The number of aromatic nitrogens is 1. The van der Waals surface area contributed by atoms with Gasteiger partial charge in [-0.15, -0.1) is 0 Å². The Morgan fingerprint density at radius 2 is 2.03 bits per heavy atom. The highest BCUT2D eigenvalue weighted by Gasteiger charge is 2.45. The fraction of sp³-hybridized carbons (Fsp3) is 0.409. The second kappa shape index (κ2) is 7.57. The van der Waals surface area contributed by atoms with Crippen LogP contribution in [0.4, 0.5) is 0 Å². The van der Waals surface area contributed by atoms with Gasteiger partial charge in [0.05, 0.1) is 31.5 Å². The lowest BCUT2D eigenvalue weighted by molar-refractivity contribution is 0.0674. The molecule has 2 aromatic rings. The van der Waals surface area contributed by atoms with Crippen LogP contribution in [-0.2, 0) is 22.7 Å². The third kappa shape index (κ3) is 3.52. The van der Waals surface area contributed by atoms with Gasteiger partial charge in [-0.2, -0.15) is 0 Å². The normalized spacial score (nSPS) is 25.0. The number of fused-ring (bicyclic) bond motifs is 2. The number of likely N-dealkylation sites (tertiary alicyclic amines) is 1. The van der Waals surface area contributed by atoms with Crippen LogP contribution in [0.25, 0.3) is 0 Å². The summed E-state index contributed by atoms with van der Waals surface area (Å²) < 4.78 is 11.4. The Hall–Kier alpha value is -2.77. The van der Waals surface area contributed by atoms with E-state index in [2.05, 4.69) is 10.3 Å². The van der Waals surface area contributed by atoms with Gasteiger partial charge >= 0.3 is 0 Å². The molecule has 0 radical (unpaired) electrons. The molecule has 2 saturated heterocycles. The molecule has 7 heteroatoms. The van der Waals surface area contributed by atoms with Crippen molar-refractivity contribution >= 4 is 11.8 Å². The zero-order valence-electron chi connectivity index (χ0n) is 16.0. The van der Waals surface area contributed by atoms with Crippen LogP contribution in [0.15, 0.2) is 42.7 Å². The summed E-state index contributed by atoms with van der Waals surface area (Å²) in [4.78, 5) is 31.1. The molecule has 3 atom stereocenters. The van der Waals surface area contributed by atoms with Gasteiger partial charge < -0.3 is 19.7 Å². The first-order chi connectivity index (χ1) is 14.2. The summed E-state index contributed by atoms with van der Waals surface area (Å²) >= 11 is 0. The number of pyridine rings is 1. The Labute approximate surface area is 169 Å². The van der Waals surface area contributed by atoms with E-state index in [9.17, 15) is 9.59 Å². The average molecular weight is 393 g/mol. The maximum atomic E-state index is 13.0. The molecule has 3 aliphatic heterocycles. The molecule has 2 amide bonds. The van der Waals surface area contributed by atoms with Gasteiger partial charge in [0.1, 0.15) is 0 Å². The molecule has 1 N–H and O–H groups in total. The Morgan fingerprint density at radius 3 is 2.90 bits per heavy atom. The number of nitrogens with one attached hydrogen (secondary N) is 1. The highest BCUT2D eigenvalue weighted by molar-refractivity contribution is 5.95. The minimum Gasteiger partial charge on any atom is -0.376 e. The van der Waals surface area contributed by atoms with Gasteiger partial charge in [0, 0.05) is 49.4 Å². The lowest BCUT2D eigenvalue weighted by Crippen LogP contribution is -2.35. The van der Waals surface area contributed by atoms with Crippen LogP contribution in [0.1, 0.15) is 31.8 Å². The molecule has 3 aliphatic rings. The standard InChI is InChI=1S/C22H23N3O4/c26-21(15-2-1-5-23-7-15)24-8-18-13-29-20-10-25(9-19(18)20)22(27)14-3-4-16-11-28-12-17(16)6-14/h1-7,18-20H,8-13H2,(H,24,26)/t18-,19+,20+/m0/s1. The molecule has 0 unspecified atom stereocenters. The van der Waals surface area contributed by atoms with Gasteiger partial charge in [0.15, 0.2) is 0 Å². The number of hydrogen-bond donors (Lipinski definition) is 1. The predicted octanol–water partition coefficient (Wildman–Crippen LogP) is 1.63. The van der Waals surface area contributed by atoms with Crippen molar-refractivity contribution in [3.05, 3.63) is 65.0 Å². The summed E-state index contributed by atoms with van der Waals surface area (Å²) in [5.74, 6) is 0.349. The molecule has 29 heavy (non-hydrogen) atoms. The van der Waals surface area contributed by atoms with Crippen molar-refractivity contribution in [2.24, 2.45) is 11.8 Å².